The van der Waals surface area contributed by atoms with Crippen LogP contribution in [0.3, 0.4) is 0 Å². The predicted molar refractivity (Wildman–Crippen MR) is 95.2 cm³/mol. The molecule has 0 spiro atoms. The van der Waals surface area contributed by atoms with Gasteiger partial charge < -0.3 is 10.1 Å². The Hall–Kier alpha value is -2.93. The van der Waals surface area contributed by atoms with Crippen molar-refractivity contribution in [3.8, 4) is 11.6 Å². The van der Waals surface area contributed by atoms with Crippen LogP contribution in [0.15, 0.2) is 42.6 Å². The molecule has 1 N–H and O–H groups in total. The summed E-state index contributed by atoms with van der Waals surface area (Å²) in [5.41, 5.74) is 2.14. The Labute approximate surface area is 154 Å². The Morgan fingerprint density at radius 3 is 2.62 bits per heavy atom. The Morgan fingerprint density at radius 2 is 2.00 bits per heavy atom. The fourth-order valence-corrected chi connectivity index (χ4v) is 2.78. The highest BCUT2D eigenvalue weighted by Crippen LogP contribution is 2.23. The summed E-state index contributed by atoms with van der Waals surface area (Å²) in [6, 6.07) is 9.21. The number of nitrogens with zero attached hydrogens (tertiary/aromatic N) is 3. The SMILES string of the molecule is COc1ccc(CNC(=O)c2c(C)nn(-c3ccc(F)cc3)c2Cl)cn1. The molecule has 2 heterocycles. The van der Waals surface area contributed by atoms with Gasteiger partial charge >= 0.3 is 0 Å². The maximum atomic E-state index is 13.1. The maximum absolute atomic E-state index is 13.1. The van der Waals surface area contributed by atoms with Gasteiger partial charge in [0.05, 0.1) is 24.1 Å². The molecule has 26 heavy (non-hydrogen) atoms. The quantitative estimate of drug-likeness (QED) is 0.744. The highest BCUT2D eigenvalue weighted by atomic mass is 35.5. The van der Waals surface area contributed by atoms with E-state index in [1.807, 2.05) is 6.07 Å². The van der Waals surface area contributed by atoms with Crippen LogP contribution in [0.5, 0.6) is 5.88 Å². The van der Waals surface area contributed by atoms with Crippen molar-refractivity contribution >= 4 is 17.5 Å². The average Bonchev–Trinajstić information content (AvgIpc) is 2.95. The number of hydrogen-bond donors (Lipinski definition) is 1. The number of hydrogen-bond acceptors (Lipinski definition) is 4. The van der Waals surface area contributed by atoms with Crippen molar-refractivity contribution in [2.75, 3.05) is 7.11 Å². The van der Waals surface area contributed by atoms with E-state index in [2.05, 4.69) is 15.4 Å². The number of carbonyl (C=O) groups is 1. The van der Waals surface area contributed by atoms with E-state index >= 15 is 0 Å². The van der Waals surface area contributed by atoms with E-state index in [1.54, 1.807) is 31.3 Å². The van der Waals surface area contributed by atoms with Gasteiger partial charge in [-0.3, -0.25) is 4.79 Å². The molecule has 8 heteroatoms. The minimum Gasteiger partial charge on any atom is -0.481 e. The van der Waals surface area contributed by atoms with Gasteiger partial charge in [0.25, 0.3) is 5.91 Å². The minimum absolute atomic E-state index is 0.166. The van der Waals surface area contributed by atoms with E-state index in [9.17, 15) is 9.18 Å². The topological polar surface area (TPSA) is 69.0 Å². The molecule has 1 amide bonds. The van der Waals surface area contributed by atoms with Gasteiger partial charge in [-0.15, -0.1) is 0 Å². The summed E-state index contributed by atoms with van der Waals surface area (Å²) in [6.45, 7) is 1.98. The Balaban J connectivity index is 1.77. The van der Waals surface area contributed by atoms with Gasteiger partial charge in [0.1, 0.15) is 11.0 Å². The van der Waals surface area contributed by atoms with Crippen molar-refractivity contribution in [2.45, 2.75) is 13.5 Å². The molecule has 1 aromatic carbocycles. The Kier molecular flexibility index (Phi) is 5.18. The first kappa shape index (κ1) is 17.9. The second kappa shape index (κ2) is 7.53. The van der Waals surface area contributed by atoms with Crippen LogP contribution in [-0.4, -0.2) is 27.8 Å². The van der Waals surface area contributed by atoms with Gasteiger partial charge in [-0.25, -0.2) is 14.1 Å². The van der Waals surface area contributed by atoms with Crippen molar-refractivity contribution < 1.29 is 13.9 Å². The van der Waals surface area contributed by atoms with Crippen molar-refractivity contribution in [1.82, 2.24) is 20.1 Å². The first-order valence-electron chi connectivity index (χ1n) is 7.77. The molecule has 6 nitrogen and oxygen atoms in total. The van der Waals surface area contributed by atoms with Gasteiger partial charge in [-0.2, -0.15) is 5.10 Å². The lowest BCUT2D eigenvalue weighted by Crippen LogP contribution is -2.23. The first-order chi connectivity index (χ1) is 12.5. The average molecular weight is 375 g/mol. The van der Waals surface area contributed by atoms with Crippen molar-refractivity contribution in [1.29, 1.82) is 0 Å². The van der Waals surface area contributed by atoms with E-state index in [4.69, 9.17) is 16.3 Å². The largest absolute Gasteiger partial charge is 0.481 e. The van der Waals surface area contributed by atoms with Crippen LogP contribution in [0.25, 0.3) is 5.69 Å². The third-order valence-electron chi connectivity index (χ3n) is 3.76. The number of halogens is 2. The van der Waals surface area contributed by atoms with E-state index < -0.39 is 0 Å². The number of methoxy groups -OCH3 is 1. The van der Waals surface area contributed by atoms with Crippen LogP contribution in [0, 0.1) is 12.7 Å². The molecular weight excluding hydrogens is 359 g/mol. The molecule has 0 saturated heterocycles. The van der Waals surface area contributed by atoms with Crippen LogP contribution in [0.1, 0.15) is 21.6 Å². The first-order valence-corrected chi connectivity index (χ1v) is 8.15. The second-order valence-corrected chi connectivity index (χ2v) is 5.89. The molecule has 0 radical (unpaired) electrons. The summed E-state index contributed by atoms with van der Waals surface area (Å²) in [4.78, 5) is 16.6. The molecule has 0 saturated carbocycles. The summed E-state index contributed by atoms with van der Waals surface area (Å²) in [7, 11) is 1.54. The van der Waals surface area contributed by atoms with Crippen LogP contribution < -0.4 is 10.1 Å². The van der Waals surface area contributed by atoms with Gasteiger partial charge in [0, 0.05) is 18.8 Å². The monoisotopic (exact) mass is 374 g/mol. The number of ether oxygens (including phenoxy) is 1. The number of amides is 1. The highest BCUT2D eigenvalue weighted by molar-refractivity contribution is 6.33. The van der Waals surface area contributed by atoms with Crippen LogP contribution in [-0.2, 0) is 6.54 Å². The number of benzene rings is 1. The predicted octanol–water partition coefficient (Wildman–Crippen LogP) is 3.31. The molecule has 2 aromatic heterocycles. The van der Waals surface area contributed by atoms with Gasteiger partial charge in [-0.05, 0) is 36.8 Å². The van der Waals surface area contributed by atoms with E-state index in [1.165, 1.54) is 23.9 Å². The number of aryl methyl sites for hydroxylation is 1. The molecule has 3 rings (SSSR count). The van der Waals surface area contributed by atoms with Crippen LogP contribution in [0.4, 0.5) is 4.39 Å². The zero-order valence-corrected chi connectivity index (χ0v) is 14.9. The normalized spacial score (nSPS) is 10.6. The summed E-state index contributed by atoms with van der Waals surface area (Å²) in [5.74, 6) is -0.212. The van der Waals surface area contributed by atoms with Crippen LogP contribution in [0.2, 0.25) is 5.15 Å². The minimum atomic E-state index is -0.361. The number of rotatable bonds is 5. The van der Waals surface area contributed by atoms with Gasteiger partial charge in [-0.1, -0.05) is 17.7 Å². The lowest BCUT2D eigenvalue weighted by Gasteiger charge is -2.06. The fraction of sp³-hybridized carbons (Fsp3) is 0.167. The molecular formula is C18H16ClFN4O2. The summed E-state index contributed by atoms with van der Waals surface area (Å²) in [5, 5.41) is 7.24. The van der Waals surface area contributed by atoms with Gasteiger partial charge in [0.15, 0.2) is 0 Å². The maximum Gasteiger partial charge on any atom is 0.256 e. The molecule has 0 bridgehead atoms. The summed E-state index contributed by atoms with van der Waals surface area (Å²) >= 11 is 6.34. The van der Waals surface area contributed by atoms with Crippen molar-refractivity contribution in [2.24, 2.45) is 0 Å². The lowest BCUT2D eigenvalue weighted by molar-refractivity contribution is 0.0950. The van der Waals surface area contributed by atoms with E-state index in [-0.39, 0.29) is 29.0 Å². The lowest BCUT2D eigenvalue weighted by atomic mass is 10.2. The Bertz CT molecular complexity index is 924. The van der Waals surface area contributed by atoms with Crippen LogP contribution >= 0.6 is 11.6 Å². The highest BCUT2D eigenvalue weighted by Gasteiger charge is 2.21. The second-order valence-electron chi connectivity index (χ2n) is 5.53. The molecule has 134 valence electrons. The summed E-state index contributed by atoms with van der Waals surface area (Å²) in [6.07, 6.45) is 1.62. The Morgan fingerprint density at radius 1 is 1.27 bits per heavy atom. The third-order valence-corrected chi connectivity index (χ3v) is 4.11. The zero-order valence-electron chi connectivity index (χ0n) is 14.2. The molecule has 0 aliphatic rings. The number of nitrogens with one attached hydrogen (secondary N) is 1. The van der Waals surface area contributed by atoms with Gasteiger partial charge in [0.2, 0.25) is 5.88 Å². The van der Waals surface area contributed by atoms with E-state index in [0.717, 1.165) is 5.56 Å². The third kappa shape index (κ3) is 3.67. The molecule has 0 fully saturated rings. The number of aromatic nitrogens is 3. The molecule has 3 aromatic rings. The zero-order chi connectivity index (χ0) is 18.7. The number of pyridine rings is 1. The van der Waals surface area contributed by atoms with Crippen molar-refractivity contribution in [3.05, 3.63) is 70.4 Å². The molecule has 0 aliphatic heterocycles. The smallest absolute Gasteiger partial charge is 0.256 e. The summed E-state index contributed by atoms with van der Waals surface area (Å²) < 4.78 is 19.5. The van der Waals surface area contributed by atoms with E-state index in [0.29, 0.717) is 17.3 Å². The molecule has 0 unspecified atom stereocenters. The van der Waals surface area contributed by atoms with Crippen molar-refractivity contribution in [3.63, 3.8) is 0 Å². The number of carbonyl (C=O) groups excluding carboxylic acids is 1. The standard InChI is InChI=1S/C18H16ClFN4O2/c1-11-16(17(19)24(23-11)14-6-4-13(20)5-7-14)18(25)22-10-12-3-8-15(26-2)21-9-12/h3-9H,10H2,1-2H3,(H,22,25). The molecule has 0 aliphatic carbocycles. The molecule has 0 atom stereocenters. The fourth-order valence-electron chi connectivity index (χ4n) is 2.42.